The van der Waals surface area contributed by atoms with Crippen molar-refractivity contribution in [3.05, 3.63) is 11.1 Å². The molecule has 4 rings (SSSR count). The molecule has 3 fully saturated rings. The van der Waals surface area contributed by atoms with Crippen molar-refractivity contribution < 1.29 is 42.7 Å². The molecule has 0 radical (unpaired) electrons. The summed E-state index contributed by atoms with van der Waals surface area (Å²) in [5.41, 5.74) is -1.30. The number of hydrogen-bond donors (Lipinski definition) is 1. The molecule has 0 aromatic rings. The number of aliphatic hydroxyl groups excluding tert-OH is 1. The molecule has 3 aliphatic carbocycles. The average Bonchev–Trinajstić information content (AvgIpc) is 3.38. The molecule has 0 aromatic carbocycles. The van der Waals surface area contributed by atoms with Gasteiger partial charge >= 0.3 is 12.1 Å². The summed E-state index contributed by atoms with van der Waals surface area (Å²) in [7, 11) is 36.5. The summed E-state index contributed by atoms with van der Waals surface area (Å²) in [4.78, 5) is 41.6. The predicted molar refractivity (Wildman–Crippen MR) is 296 cm³/mol. The fourth-order valence-corrected chi connectivity index (χ4v) is 204. The van der Waals surface area contributed by atoms with Gasteiger partial charge < -0.3 is 28.4 Å². The van der Waals surface area contributed by atoms with Gasteiger partial charge in [0.1, 0.15) is 5.92 Å². The first-order chi connectivity index (χ1) is 24.9. The molecule has 9 nitrogen and oxygen atoms in total. The molecule has 25 atom stereocenters. The topological polar surface area (TPSA) is 118 Å². The van der Waals surface area contributed by atoms with Gasteiger partial charge in [0.05, 0.1) is 46.4 Å². The van der Waals surface area contributed by atoms with E-state index in [2.05, 4.69) is 128 Å². The number of aliphatic hydroxyl groups is 1. The van der Waals surface area contributed by atoms with Gasteiger partial charge in [-0.15, -0.1) is 98.2 Å². The van der Waals surface area contributed by atoms with Crippen LogP contribution >= 0.6 is 186 Å². The highest BCUT2D eigenvalue weighted by Crippen LogP contribution is 3.21. The van der Waals surface area contributed by atoms with Crippen molar-refractivity contribution in [3.8, 4) is 0 Å². The van der Waals surface area contributed by atoms with Crippen molar-refractivity contribution in [1.29, 1.82) is 0 Å². The maximum atomic E-state index is 14.8. The monoisotopic (exact) mass is 1170 g/mol. The lowest BCUT2D eigenvalue weighted by molar-refractivity contribution is -0.188. The van der Waals surface area contributed by atoms with Gasteiger partial charge in [-0.25, -0.2) is 4.79 Å². The SMILES string of the molecule is COC(=O)C1C[C@H](O)[C@@]2(C)C[C@@H](OP(P(P)P)P(PP)P(P)P)C3=C(C)[C@@H](OP(P)P(P(P)P)P(P(P)P)P(P)P)C[C@]4(OC(=O)O[C@H]4[C@@H]2C1=O)C3(C)C. The molecule has 1 saturated heterocycles. The fraction of sp³-hybridized carbons (Fsp3) is 0.773. The molecule has 1 spiro atoms. The molecule has 0 amide bonds. The van der Waals surface area contributed by atoms with Crippen LogP contribution in [0.2, 0.25) is 0 Å². The average molecular weight is 1170 g/mol. The van der Waals surface area contributed by atoms with Gasteiger partial charge in [0.2, 0.25) is 0 Å². The molecule has 1 aliphatic heterocycles. The maximum absolute atomic E-state index is 14.8. The van der Waals surface area contributed by atoms with Crippen LogP contribution in [0.3, 0.4) is 0 Å². The van der Waals surface area contributed by atoms with Crippen LogP contribution < -0.4 is 0 Å². The third-order valence-corrected chi connectivity index (χ3v) is 131. The van der Waals surface area contributed by atoms with E-state index in [1.807, 2.05) is 6.92 Å². The van der Waals surface area contributed by atoms with E-state index in [4.69, 9.17) is 23.3 Å². The van der Waals surface area contributed by atoms with Gasteiger partial charge in [0.25, 0.3) is 0 Å². The van der Waals surface area contributed by atoms with Gasteiger partial charge in [0, 0.05) is 31.2 Å². The number of ether oxygens (including phenoxy) is 3. The molecule has 2 saturated carbocycles. The molecular weight excluding hydrogens is 1120 g/mol. The fourth-order valence-electron chi connectivity index (χ4n) is 8.09. The second-order valence-electron chi connectivity index (χ2n) is 13.7. The number of rotatable bonds is 14. The van der Waals surface area contributed by atoms with Crippen molar-refractivity contribution in [2.24, 2.45) is 22.7 Å². The van der Waals surface area contributed by atoms with Gasteiger partial charge in [0.15, 0.2) is 17.5 Å². The lowest BCUT2D eigenvalue weighted by atomic mass is 9.48. The number of Topliss-reactive ketones (excluding diaryl/α,β-unsaturated/α-hetero) is 1. The smallest absolute Gasteiger partial charge is 0.468 e. The Labute approximate surface area is 361 Å². The van der Waals surface area contributed by atoms with Crippen molar-refractivity contribution >= 4 is 204 Å². The van der Waals surface area contributed by atoms with E-state index in [9.17, 15) is 19.5 Å². The zero-order valence-electron chi connectivity index (χ0n) is 30.2. The molecule has 4 aliphatic rings. The van der Waals surface area contributed by atoms with Crippen LogP contribution in [0, 0.1) is 22.7 Å². The molecule has 1 N–H and O–H groups in total. The minimum absolute atomic E-state index is 0.0807. The minimum atomic E-state index is -1.36. The van der Waals surface area contributed by atoms with Gasteiger partial charge in [-0.3, -0.25) is 9.59 Å². The Morgan fingerprint density at radius 1 is 0.852 bits per heavy atom. The molecule has 54 heavy (non-hydrogen) atoms. The Bertz CT molecular complexity index is 1430. The Balaban J connectivity index is 2.02. The van der Waals surface area contributed by atoms with Gasteiger partial charge in [-0.2, -0.15) is 0 Å². The second-order valence-corrected chi connectivity index (χ2v) is 96.5. The Kier molecular flexibility index (Phi) is 23.0. The second kappa shape index (κ2) is 22.8. The zero-order chi connectivity index (χ0) is 41.0. The lowest BCUT2D eigenvalue weighted by Gasteiger charge is -2.60. The van der Waals surface area contributed by atoms with Gasteiger partial charge in [-0.05, 0) is 72.8 Å². The van der Waals surface area contributed by atoms with Crippen LogP contribution in [0.5, 0.6) is 0 Å². The normalized spacial score (nSPS) is 35.0. The Morgan fingerprint density at radius 3 is 1.91 bits per heavy atom. The zero-order valence-corrected chi connectivity index (χ0v) is 54.0. The van der Waals surface area contributed by atoms with E-state index in [1.54, 1.807) is 0 Å². The van der Waals surface area contributed by atoms with Crippen LogP contribution in [-0.2, 0) is 32.8 Å². The largest absolute Gasteiger partial charge is 0.509 e. The van der Waals surface area contributed by atoms with E-state index in [-0.39, 0.29) is 33.8 Å². The number of ketones is 1. The highest BCUT2D eigenvalue weighted by Gasteiger charge is 2.74. The summed E-state index contributed by atoms with van der Waals surface area (Å²) in [6.07, 6.45) is -3.53. The van der Waals surface area contributed by atoms with Crippen LogP contribution in [-0.4, -0.2) is 60.1 Å². The predicted octanol–water partition coefficient (Wildman–Crippen LogP) is 15.0. The molecule has 32 heteroatoms. The van der Waals surface area contributed by atoms with Crippen molar-refractivity contribution in [2.75, 3.05) is 7.11 Å². The minimum Gasteiger partial charge on any atom is -0.468 e. The van der Waals surface area contributed by atoms with E-state index in [0.29, 0.717) is 14.4 Å². The summed E-state index contributed by atoms with van der Waals surface area (Å²) >= 11 is 0. The van der Waals surface area contributed by atoms with Crippen molar-refractivity contribution in [2.45, 2.75) is 77.0 Å². The van der Waals surface area contributed by atoms with E-state index >= 15 is 0 Å². The number of carbonyl (C=O) groups excluding carboxylic acids is 3. The Hall–Kier alpha value is 7.92. The highest BCUT2D eigenvalue weighted by molar-refractivity contribution is 9.25. The highest BCUT2D eigenvalue weighted by atomic mass is 33.3. The van der Waals surface area contributed by atoms with Gasteiger partial charge in [-0.1, -0.05) is 37.7 Å². The van der Waals surface area contributed by atoms with Crippen molar-refractivity contribution in [3.63, 3.8) is 0 Å². The number of fused-ring (bicyclic) bond motifs is 3. The molecule has 310 valence electrons. The van der Waals surface area contributed by atoms with E-state index in [0.717, 1.165) is 11.1 Å². The maximum Gasteiger partial charge on any atom is 0.509 e. The molecule has 1 heterocycles. The summed E-state index contributed by atoms with van der Waals surface area (Å²) < 4.78 is 32.7. The van der Waals surface area contributed by atoms with Crippen LogP contribution in [0.4, 0.5) is 4.79 Å². The summed E-state index contributed by atoms with van der Waals surface area (Å²) in [5, 5.41) is 12.1. The van der Waals surface area contributed by atoms with Crippen LogP contribution in [0.25, 0.3) is 0 Å². The quantitative estimate of drug-likeness (QED) is 0.0785. The molecule has 18 unspecified atom stereocenters. The standard InChI is InChI=1S/C22H53O9P23/c1-9-11(30-45(33)53(49(38)39)54(50(40)41)51(42)43)8-22-17(28-19(26)29-22)15-16(24)10(18(25)27-5)6-13(23)21(15,4)7-12(14(9)20(22,2)3)31-46(47(34)35)52(44-32)48(36)37/h10-13,15,17,23,44H,6-8,32-43H2,1-5H3/t10?,11-,12+,13-,15-,17-,21+,22+,45?,46?,52?,53?/m0/s1. The number of esters is 1. The summed E-state index contributed by atoms with van der Waals surface area (Å²) in [5.74, 6) is -3.35. The first kappa shape index (κ1) is 54.5. The molecular formula is C22H53O9P23. The van der Waals surface area contributed by atoms with E-state index in [1.165, 1.54) is 7.11 Å². The van der Waals surface area contributed by atoms with Crippen LogP contribution in [0.15, 0.2) is 11.1 Å². The summed E-state index contributed by atoms with van der Waals surface area (Å²) in [6, 6.07) is 0. The first-order valence-corrected chi connectivity index (χ1v) is 56.2. The molecule has 2 bridgehead atoms. The van der Waals surface area contributed by atoms with Crippen LogP contribution in [0.1, 0.15) is 47.0 Å². The summed E-state index contributed by atoms with van der Waals surface area (Å²) in [6.45, 7) is 4.46. The van der Waals surface area contributed by atoms with E-state index < -0.39 is 121 Å². The number of methoxy groups -OCH3 is 1. The first-order valence-electron chi connectivity index (χ1n) is 15.9. The lowest BCUT2D eigenvalue weighted by Crippen LogP contribution is -2.69. The number of carbonyl (C=O) groups is 3. The molecule has 0 aromatic heterocycles. The third-order valence-electron chi connectivity index (χ3n) is 10.5. The third kappa shape index (κ3) is 11.3. The van der Waals surface area contributed by atoms with Crippen molar-refractivity contribution in [1.82, 2.24) is 0 Å². The number of hydrogen-bond acceptors (Lipinski definition) is 9. The Morgan fingerprint density at radius 2 is 1.43 bits per heavy atom.